The summed E-state index contributed by atoms with van der Waals surface area (Å²) in [5.74, 6) is -2.99. The summed E-state index contributed by atoms with van der Waals surface area (Å²) in [6.07, 6.45) is 0. The van der Waals surface area contributed by atoms with Gasteiger partial charge < -0.3 is 11.1 Å². The number of para-hydroxylation sites is 1. The van der Waals surface area contributed by atoms with Crippen molar-refractivity contribution in [1.82, 2.24) is 0 Å². The summed E-state index contributed by atoms with van der Waals surface area (Å²) in [5.41, 5.74) is 6.86. The van der Waals surface area contributed by atoms with E-state index in [9.17, 15) is 13.6 Å². The Balaban J connectivity index is 2.13. The standard InChI is InChI=1S/C15H14F2N2OS/c16-15(17)21-12-9-5-4-8-11(12)19-14(20)13(18)10-6-2-1-3-7-10/h1-9,13,15H,18H2,(H,19,20). The van der Waals surface area contributed by atoms with Gasteiger partial charge in [0.2, 0.25) is 5.91 Å². The highest BCUT2D eigenvalue weighted by Gasteiger charge is 2.17. The fraction of sp³-hybridized carbons (Fsp3) is 0.133. The predicted octanol–water partition coefficient (Wildman–Crippen LogP) is 3.64. The number of rotatable bonds is 5. The number of anilines is 1. The van der Waals surface area contributed by atoms with Crippen molar-refractivity contribution in [2.75, 3.05) is 5.32 Å². The lowest BCUT2D eigenvalue weighted by Crippen LogP contribution is -2.27. The molecule has 0 aliphatic heterocycles. The monoisotopic (exact) mass is 308 g/mol. The molecule has 0 saturated heterocycles. The highest BCUT2D eigenvalue weighted by molar-refractivity contribution is 7.99. The number of thioether (sulfide) groups is 1. The van der Waals surface area contributed by atoms with Crippen LogP contribution in [-0.4, -0.2) is 11.7 Å². The van der Waals surface area contributed by atoms with Crippen molar-refractivity contribution in [3.8, 4) is 0 Å². The van der Waals surface area contributed by atoms with Crippen molar-refractivity contribution >= 4 is 23.4 Å². The Hall–Kier alpha value is -1.92. The number of halogens is 2. The van der Waals surface area contributed by atoms with Crippen molar-refractivity contribution in [3.05, 3.63) is 60.2 Å². The maximum atomic E-state index is 12.5. The lowest BCUT2D eigenvalue weighted by molar-refractivity contribution is -0.117. The molecule has 0 aromatic heterocycles. The van der Waals surface area contributed by atoms with Crippen LogP contribution in [0.5, 0.6) is 0 Å². The number of carbonyl (C=O) groups excluding carboxylic acids is 1. The first-order valence-electron chi connectivity index (χ1n) is 6.23. The van der Waals surface area contributed by atoms with Gasteiger partial charge in [-0.15, -0.1) is 0 Å². The van der Waals surface area contributed by atoms with Gasteiger partial charge >= 0.3 is 0 Å². The molecule has 0 heterocycles. The average molecular weight is 308 g/mol. The van der Waals surface area contributed by atoms with E-state index in [0.29, 0.717) is 27.9 Å². The van der Waals surface area contributed by atoms with Crippen LogP contribution in [0.4, 0.5) is 14.5 Å². The molecule has 0 bridgehead atoms. The second-order valence-electron chi connectivity index (χ2n) is 4.25. The average Bonchev–Trinajstić information content (AvgIpc) is 2.49. The fourth-order valence-electron chi connectivity index (χ4n) is 1.79. The largest absolute Gasteiger partial charge is 0.323 e. The maximum absolute atomic E-state index is 12.5. The summed E-state index contributed by atoms with van der Waals surface area (Å²) in [5, 5.41) is 2.60. The molecule has 3 N–H and O–H groups in total. The van der Waals surface area contributed by atoms with Gasteiger partial charge in [-0.1, -0.05) is 54.2 Å². The fourth-order valence-corrected chi connectivity index (χ4v) is 2.39. The Bertz CT molecular complexity index is 608. The SMILES string of the molecule is NC(C(=O)Nc1ccccc1SC(F)F)c1ccccc1. The van der Waals surface area contributed by atoms with E-state index in [1.165, 1.54) is 6.07 Å². The molecule has 0 radical (unpaired) electrons. The Labute approximate surface area is 125 Å². The van der Waals surface area contributed by atoms with Crippen molar-refractivity contribution < 1.29 is 13.6 Å². The van der Waals surface area contributed by atoms with Crippen LogP contribution in [-0.2, 0) is 4.79 Å². The molecule has 1 atom stereocenters. The lowest BCUT2D eigenvalue weighted by Gasteiger charge is -2.14. The zero-order valence-electron chi connectivity index (χ0n) is 11.0. The molecule has 3 nitrogen and oxygen atoms in total. The molecule has 2 rings (SSSR count). The van der Waals surface area contributed by atoms with E-state index in [1.807, 2.05) is 6.07 Å². The Kier molecular flexibility index (Phi) is 5.30. The Morgan fingerprint density at radius 1 is 1.05 bits per heavy atom. The van der Waals surface area contributed by atoms with Gasteiger partial charge in [-0.25, -0.2) is 0 Å². The van der Waals surface area contributed by atoms with Crippen molar-refractivity contribution in [2.45, 2.75) is 16.7 Å². The summed E-state index contributed by atoms with van der Waals surface area (Å²) in [6.45, 7) is 0. The number of carbonyl (C=O) groups is 1. The first-order chi connectivity index (χ1) is 10.1. The molecule has 1 unspecified atom stereocenters. The molecular formula is C15H14F2N2OS. The van der Waals surface area contributed by atoms with E-state index in [0.717, 1.165) is 0 Å². The second kappa shape index (κ2) is 7.19. The number of alkyl halides is 2. The van der Waals surface area contributed by atoms with Crippen LogP contribution in [0.2, 0.25) is 0 Å². The third-order valence-corrected chi connectivity index (χ3v) is 3.59. The van der Waals surface area contributed by atoms with Gasteiger partial charge in [-0.2, -0.15) is 8.78 Å². The van der Waals surface area contributed by atoms with Gasteiger partial charge in [0.1, 0.15) is 6.04 Å². The minimum Gasteiger partial charge on any atom is -0.323 e. The van der Waals surface area contributed by atoms with Crippen LogP contribution in [0.25, 0.3) is 0 Å². The number of hydrogen-bond acceptors (Lipinski definition) is 3. The lowest BCUT2D eigenvalue weighted by atomic mass is 10.1. The van der Waals surface area contributed by atoms with Gasteiger partial charge in [0.25, 0.3) is 5.76 Å². The third-order valence-electron chi connectivity index (χ3n) is 2.80. The quantitative estimate of drug-likeness (QED) is 0.829. The number of benzene rings is 2. The minimum atomic E-state index is -2.55. The molecule has 2 aromatic carbocycles. The van der Waals surface area contributed by atoms with Gasteiger partial charge in [0, 0.05) is 4.90 Å². The Morgan fingerprint density at radius 2 is 1.67 bits per heavy atom. The zero-order chi connectivity index (χ0) is 15.2. The van der Waals surface area contributed by atoms with Gasteiger partial charge in [0.15, 0.2) is 0 Å². The summed E-state index contributed by atoms with van der Waals surface area (Å²) >= 11 is 0.386. The van der Waals surface area contributed by atoms with Crippen molar-refractivity contribution in [2.24, 2.45) is 5.73 Å². The highest BCUT2D eigenvalue weighted by Crippen LogP contribution is 2.32. The molecule has 0 spiro atoms. The summed E-state index contributed by atoms with van der Waals surface area (Å²) < 4.78 is 25.0. The van der Waals surface area contributed by atoms with Crippen LogP contribution < -0.4 is 11.1 Å². The number of nitrogens with one attached hydrogen (secondary N) is 1. The molecule has 110 valence electrons. The summed E-state index contributed by atoms with van der Waals surface area (Å²) in [6, 6.07) is 14.4. The van der Waals surface area contributed by atoms with Crippen LogP contribution in [0.3, 0.4) is 0 Å². The van der Waals surface area contributed by atoms with E-state index in [2.05, 4.69) is 5.32 Å². The maximum Gasteiger partial charge on any atom is 0.288 e. The van der Waals surface area contributed by atoms with Crippen LogP contribution in [0.15, 0.2) is 59.5 Å². The van der Waals surface area contributed by atoms with E-state index >= 15 is 0 Å². The molecule has 6 heteroatoms. The first kappa shape index (κ1) is 15.5. The first-order valence-corrected chi connectivity index (χ1v) is 7.11. The molecule has 0 saturated carbocycles. The minimum absolute atomic E-state index is 0.307. The van der Waals surface area contributed by atoms with Crippen molar-refractivity contribution in [1.29, 1.82) is 0 Å². The molecule has 2 aromatic rings. The van der Waals surface area contributed by atoms with E-state index in [4.69, 9.17) is 5.73 Å². The van der Waals surface area contributed by atoms with Gasteiger partial charge in [-0.3, -0.25) is 4.79 Å². The molecule has 21 heavy (non-hydrogen) atoms. The predicted molar refractivity (Wildman–Crippen MR) is 80.3 cm³/mol. The molecule has 0 aliphatic carbocycles. The van der Waals surface area contributed by atoms with Crippen LogP contribution >= 0.6 is 11.8 Å². The Morgan fingerprint density at radius 3 is 2.33 bits per heavy atom. The summed E-state index contributed by atoms with van der Waals surface area (Å²) in [4.78, 5) is 12.4. The highest BCUT2D eigenvalue weighted by atomic mass is 32.2. The third kappa shape index (κ3) is 4.27. The van der Waals surface area contributed by atoms with Crippen LogP contribution in [0, 0.1) is 0 Å². The van der Waals surface area contributed by atoms with E-state index < -0.39 is 17.7 Å². The normalized spacial score (nSPS) is 12.2. The molecule has 0 aliphatic rings. The molecule has 1 amide bonds. The van der Waals surface area contributed by atoms with Crippen LogP contribution in [0.1, 0.15) is 11.6 Å². The van der Waals surface area contributed by atoms with E-state index in [-0.39, 0.29) is 0 Å². The molecular weight excluding hydrogens is 294 g/mol. The summed E-state index contributed by atoms with van der Waals surface area (Å²) in [7, 11) is 0. The van der Waals surface area contributed by atoms with E-state index in [1.54, 1.807) is 42.5 Å². The van der Waals surface area contributed by atoms with Crippen molar-refractivity contribution in [3.63, 3.8) is 0 Å². The smallest absolute Gasteiger partial charge is 0.288 e. The molecule has 0 fully saturated rings. The number of hydrogen-bond donors (Lipinski definition) is 2. The zero-order valence-corrected chi connectivity index (χ0v) is 11.8. The van der Waals surface area contributed by atoms with Gasteiger partial charge in [-0.05, 0) is 17.7 Å². The van der Waals surface area contributed by atoms with Gasteiger partial charge in [0.05, 0.1) is 5.69 Å². The number of amides is 1. The number of nitrogens with two attached hydrogens (primary N) is 1. The second-order valence-corrected chi connectivity index (χ2v) is 5.28. The topological polar surface area (TPSA) is 55.1 Å².